The molecule has 0 unspecified atom stereocenters. The first-order valence-electron chi connectivity index (χ1n) is 7.64. The van der Waals surface area contributed by atoms with Crippen LogP contribution in [-0.2, 0) is 14.3 Å². The summed E-state index contributed by atoms with van der Waals surface area (Å²) in [6.45, 7) is 3.31. The highest BCUT2D eigenvalue weighted by Crippen LogP contribution is 2.33. The molecule has 5 nitrogen and oxygen atoms in total. The van der Waals surface area contributed by atoms with Crippen LogP contribution in [0.5, 0.6) is 0 Å². The van der Waals surface area contributed by atoms with Crippen molar-refractivity contribution in [3.05, 3.63) is 0 Å². The molecule has 1 aliphatic carbocycles. The van der Waals surface area contributed by atoms with Gasteiger partial charge in [-0.1, -0.05) is 13.3 Å². The van der Waals surface area contributed by atoms with Crippen LogP contribution in [0.15, 0.2) is 0 Å². The van der Waals surface area contributed by atoms with Crippen LogP contribution < -0.4 is 0 Å². The highest BCUT2D eigenvalue weighted by atomic mass is 16.6. The van der Waals surface area contributed by atoms with Crippen LogP contribution >= 0.6 is 0 Å². The number of carbonyl (C=O) groups is 1. The second-order valence-electron chi connectivity index (χ2n) is 5.76. The maximum Gasteiger partial charge on any atom is 0.332 e. The summed E-state index contributed by atoms with van der Waals surface area (Å²) in [7, 11) is 0. The fraction of sp³-hybridized carbons (Fsp3) is 0.933. The molecule has 0 aromatic heterocycles. The van der Waals surface area contributed by atoms with Gasteiger partial charge in [0.15, 0.2) is 0 Å². The van der Waals surface area contributed by atoms with Gasteiger partial charge in [-0.05, 0) is 43.4 Å². The van der Waals surface area contributed by atoms with Gasteiger partial charge in [-0.25, -0.2) is 4.79 Å². The first kappa shape index (κ1) is 17.4. The van der Waals surface area contributed by atoms with Gasteiger partial charge in [-0.15, -0.1) is 0 Å². The summed E-state index contributed by atoms with van der Waals surface area (Å²) in [5, 5.41) is 18.5. The van der Waals surface area contributed by atoms with Crippen molar-refractivity contribution in [3.8, 4) is 0 Å². The first-order chi connectivity index (χ1) is 9.69. The molecule has 1 rings (SSSR count). The van der Waals surface area contributed by atoms with Gasteiger partial charge in [0.1, 0.15) is 6.61 Å². The van der Waals surface area contributed by atoms with Crippen LogP contribution in [0, 0.1) is 17.8 Å². The smallest absolute Gasteiger partial charge is 0.332 e. The molecule has 5 heteroatoms. The zero-order valence-corrected chi connectivity index (χ0v) is 12.4. The number of carbonyl (C=O) groups excluding carboxylic acids is 1. The molecule has 0 amide bonds. The Hall–Kier alpha value is -0.650. The van der Waals surface area contributed by atoms with Gasteiger partial charge >= 0.3 is 5.97 Å². The van der Waals surface area contributed by atoms with E-state index in [0.29, 0.717) is 19.1 Å². The molecule has 0 aromatic rings. The van der Waals surface area contributed by atoms with Crippen molar-refractivity contribution in [2.24, 2.45) is 17.8 Å². The van der Waals surface area contributed by atoms with Crippen LogP contribution in [0.4, 0.5) is 0 Å². The lowest BCUT2D eigenvalue weighted by Gasteiger charge is -2.33. The molecule has 2 N–H and O–H groups in total. The van der Waals surface area contributed by atoms with E-state index in [1.807, 2.05) is 6.92 Å². The number of aliphatic hydroxyl groups is 2. The van der Waals surface area contributed by atoms with Gasteiger partial charge in [0, 0.05) is 13.2 Å². The molecular weight excluding hydrogens is 260 g/mol. The van der Waals surface area contributed by atoms with E-state index in [2.05, 4.69) is 0 Å². The van der Waals surface area contributed by atoms with Crippen molar-refractivity contribution in [2.45, 2.75) is 39.0 Å². The lowest BCUT2D eigenvalue weighted by molar-refractivity contribution is -0.149. The lowest BCUT2D eigenvalue weighted by atomic mass is 9.76. The number of ether oxygens (including phenoxy) is 2. The molecule has 0 saturated heterocycles. The third kappa shape index (κ3) is 6.68. The Balaban J connectivity index is 2.18. The van der Waals surface area contributed by atoms with E-state index in [1.54, 1.807) is 0 Å². The number of hydrogen-bond donors (Lipinski definition) is 2. The quantitative estimate of drug-likeness (QED) is 0.495. The van der Waals surface area contributed by atoms with Crippen molar-refractivity contribution in [2.75, 3.05) is 33.0 Å². The number of aliphatic hydroxyl groups excluding tert-OH is 2. The highest BCUT2D eigenvalue weighted by molar-refractivity contribution is 5.70. The summed E-state index contributed by atoms with van der Waals surface area (Å²) in [5.74, 6) is 0.477. The summed E-state index contributed by atoms with van der Waals surface area (Å²) >= 11 is 0. The topological polar surface area (TPSA) is 76.0 Å². The van der Waals surface area contributed by atoms with Gasteiger partial charge in [0.2, 0.25) is 0 Å². The van der Waals surface area contributed by atoms with Crippen LogP contribution in [0.25, 0.3) is 0 Å². The van der Waals surface area contributed by atoms with E-state index in [9.17, 15) is 15.0 Å². The van der Waals surface area contributed by atoms with Crippen molar-refractivity contribution in [3.63, 3.8) is 0 Å². The minimum atomic E-state index is -0.313. The average Bonchev–Trinajstić information content (AvgIpc) is 2.47. The second-order valence-corrected chi connectivity index (χ2v) is 5.76. The normalized spacial score (nSPS) is 26.4. The molecule has 0 radical (unpaired) electrons. The third-order valence-electron chi connectivity index (χ3n) is 3.85. The zero-order valence-electron chi connectivity index (χ0n) is 12.4. The predicted octanol–water partition coefficient (Wildman–Crippen LogP) is 1.36. The molecule has 1 fully saturated rings. The van der Waals surface area contributed by atoms with E-state index in [0.717, 1.165) is 32.1 Å². The largest absolute Gasteiger partial charge is 0.464 e. The molecule has 0 spiro atoms. The van der Waals surface area contributed by atoms with E-state index >= 15 is 0 Å². The van der Waals surface area contributed by atoms with Crippen molar-refractivity contribution < 1.29 is 24.5 Å². The summed E-state index contributed by atoms with van der Waals surface area (Å²) in [6.07, 6.45) is 4.56. The van der Waals surface area contributed by atoms with Gasteiger partial charge in [0.05, 0.1) is 13.2 Å². The first-order valence-corrected chi connectivity index (χ1v) is 7.64. The Kier molecular flexibility index (Phi) is 8.82. The number of hydrogen-bond acceptors (Lipinski definition) is 5. The van der Waals surface area contributed by atoms with E-state index in [1.165, 1.54) is 0 Å². The van der Waals surface area contributed by atoms with Crippen molar-refractivity contribution in [1.82, 2.24) is 0 Å². The molecular formula is C15H28O5. The molecule has 0 heterocycles. The highest BCUT2D eigenvalue weighted by Gasteiger charge is 2.28. The Bertz CT molecular complexity index is 257. The summed E-state index contributed by atoms with van der Waals surface area (Å²) in [6, 6.07) is 0. The third-order valence-corrected chi connectivity index (χ3v) is 3.85. The molecule has 1 aliphatic rings. The number of esters is 1. The maximum absolute atomic E-state index is 11.4. The molecule has 0 bridgehead atoms. The van der Waals surface area contributed by atoms with Gasteiger partial charge in [0.25, 0.3) is 0 Å². The fourth-order valence-electron chi connectivity index (χ4n) is 2.82. The van der Waals surface area contributed by atoms with E-state index in [4.69, 9.17) is 9.47 Å². The van der Waals surface area contributed by atoms with Gasteiger partial charge < -0.3 is 19.7 Å². The minimum absolute atomic E-state index is 0.00615. The van der Waals surface area contributed by atoms with Gasteiger partial charge in [-0.2, -0.15) is 0 Å². The molecule has 20 heavy (non-hydrogen) atoms. The van der Waals surface area contributed by atoms with Crippen LogP contribution in [0.3, 0.4) is 0 Å². The number of unbranched alkanes of at least 4 members (excludes halogenated alkanes) is 1. The van der Waals surface area contributed by atoms with E-state index in [-0.39, 0.29) is 37.6 Å². The Morgan fingerprint density at radius 2 is 1.70 bits per heavy atom. The lowest BCUT2D eigenvalue weighted by Crippen LogP contribution is -2.30. The zero-order chi connectivity index (χ0) is 14.8. The van der Waals surface area contributed by atoms with Crippen LogP contribution in [0.1, 0.15) is 39.0 Å². The Morgan fingerprint density at radius 1 is 1.10 bits per heavy atom. The SMILES string of the molecule is CCCCOC(=O)COC[C@@H]1C[C@H](CO)C[C@H](CO)C1. The van der Waals surface area contributed by atoms with Crippen molar-refractivity contribution >= 4 is 5.97 Å². The van der Waals surface area contributed by atoms with E-state index < -0.39 is 0 Å². The summed E-state index contributed by atoms with van der Waals surface area (Å²) < 4.78 is 10.4. The molecule has 118 valence electrons. The van der Waals surface area contributed by atoms with Gasteiger partial charge in [-0.3, -0.25) is 0 Å². The molecule has 0 aliphatic heterocycles. The Morgan fingerprint density at radius 3 is 2.25 bits per heavy atom. The fourth-order valence-corrected chi connectivity index (χ4v) is 2.82. The molecule has 1 saturated carbocycles. The Labute approximate surface area is 121 Å². The summed E-state index contributed by atoms with van der Waals surface area (Å²) in [4.78, 5) is 11.4. The predicted molar refractivity (Wildman–Crippen MR) is 75.2 cm³/mol. The van der Waals surface area contributed by atoms with Crippen LogP contribution in [0.2, 0.25) is 0 Å². The summed E-state index contributed by atoms with van der Waals surface area (Å²) in [5.41, 5.74) is 0. The molecule has 0 aromatic carbocycles. The average molecular weight is 288 g/mol. The maximum atomic E-state index is 11.4. The standard InChI is InChI=1S/C15H28O5/c1-2-3-4-20-15(18)11-19-10-14-6-12(8-16)5-13(7-14)9-17/h12-14,16-17H,2-11H2,1H3/t12-,13+,14-. The minimum Gasteiger partial charge on any atom is -0.464 e. The molecule has 3 atom stereocenters. The number of rotatable bonds is 9. The van der Waals surface area contributed by atoms with Crippen molar-refractivity contribution in [1.29, 1.82) is 0 Å². The van der Waals surface area contributed by atoms with Crippen LogP contribution in [-0.4, -0.2) is 49.2 Å². The second kappa shape index (κ2) is 10.1. The monoisotopic (exact) mass is 288 g/mol.